The van der Waals surface area contributed by atoms with Crippen molar-refractivity contribution in [3.8, 4) is 0 Å². The normalized spacial score (nSPS) is 17.9. The maximum atomic E-state index is 11.3. The van der Waals surface area contributed by atoms with Gasteiger partial charge in [0, 0.05) is 6.04 Å². The van der Waals surface area contributed by atoms with Crippen molar-refractivity contribution in [3.63, 3.8) is 0 Å². The van der Waals surface area contributed by atoms with Crippen molar-refractivity contribution in [2.24, 2.45) is 5.73 Å². The largest absolute Gasteiger partial charge is 0.468 e. The van der Waals surface area contributed by atoms with Crippen LogP contribution in [0.4, 0.5) is 0 Å². The fourth-order valence-electron chi connectivity index (χ4n) is 1.47. The molecule has 14 heavy (non-hydrogen) atoms. The van der Waals surface area contributed by atoms with E-state index < -0.39 is 5.91 Å². The summed E-state index contributed by atoms with van der Waals surface area (Å²) in [5, 5.41) is 0. The standard InChI is InChI=1S/C9H16N2O3/c1-6(9(13)14-2)11(5-8(10)12)7-3-4-7/h6-7H,3-5H2,1-2H3,(H2,10,12)/t6-/m0/s1. The summed E-state index contributed by atoms with van der Waals surface area (Å²) in [4.78, 5) is 23.8. The Morgan fingerprint density at radius 3 is 2.50 bits per heavy atom. The van der Waals surface area contributed by atoms with E-state index in [-0.39, 0.29) is 18.6 Å². The highest BCUT2D eigenvalue weighted by atomic mass is 16.5. The summed E-state index contributed by atoms with van der Waals surface area (Å²) < 4.78 is 4.62. The number of primary amides is 1. The van der Waals surface area contributed by atoms with E-state index in [2.05, 4.69) is 4.74 Å². The molecule has 0 unspecified atom stereocenters. The van der Waals surface area contributed by atoms with Gasteiger partial charge in [0.25, 0.3) is 0 Å². The van der Waals surface area contributed by atoms with E-state index in [1.807, 2.05) is 0 Å². The van der Waals surface area contributed by atoms with E-state index in [0.717, 1.165) is 12.8 Å². The van der Waals surface area contributed by atoms with Crippen LogP contribution in [0.5, 0.6) is 0 Å². The molecule has 5 heteroatoms. The summed E-state index contributed by atoms with van der Waals surface area (Å²) >= 11 is 0. The molecule has 1 rings (SSSR count). The van der Waals surface area contributed by atoms with Gasteiger partial charge in [0.15, 0.2) is 0 Å². The van der Waals surface area contributed by atoms with Crippen LogP contribution in [0.1, 0.15) is 19.8 Å². The molecule has 0 aromatic heterocycles. The van der Waals surface area contributed by atoms with Crippen LogP contribution < -0.4 is 5.73 Å². The monoisotopic (exact) mass is 200 g/mol. The summed E-state index contributed by atoms with van der Waals surface area (Å²) in [6.07, 6.45) is 2.04. The van der Waals surface area contributed by atoms with Gasteiger partial charge >= 0.3 is 5.97 Å². The van der Waals surface area contributed by atoms with E-state index >= 15 is 0 Å². The third-order valence-electron chi connectivity index (χ3n) is 2.39. The first-order valence-corrected chi connectivity index (χ1v) is 4.68. The molecule has 80 valence electrons. The number of nitrogens with two attached hydrogens (primary N) is 1. The molecule has 1 aliphatic carbocycles. The summed E-state index contributed by atoms with van der Waals surface area (Å²) in [5.74, 6) is -0.731. The van der Waals surface area contributed by atoms with Gasteiger partial charge < -0.3 is 10.5 Å². The lowest BCUT2D eigenvalue weighted by atomic mass is 10.2. The van der Waals surface area contributed by atoms with E-state index in [1.165, 1.54) is 7.11 Å². The van der Waals surface area contributed by atoms with Crippen LogP contribution in [-0.4, -0.2) is 42.5 Å². The van der Waals surface area contributed by atoms with Crippen LogP contribution >= 0.6 is 0 Å². The van der Waals surface area contributed by atoms with Crippen molar-refractivity contribution < 1.29 is 14.3 Å². The average molecular weight is 200 g/mol. The lowest BCUT2D eigenvalue weighted by Gasteiger charge is -2.25. The molecule has 0 heterocycles. The van der Waals surface area contributed by atoms with Crippen molar-refractivity contribution in [1.82, 2.24) is 4.90 Å². The Morgan fingerprint density at radius 1 is 1.57 bits per heavy atom. The van der Waals surface area contributed by atoms with Crippen LogP contribution in [0.2, 0.25) is 0 Å². The molecule has 1 aliphatic rings. The van der Waals surface area contributed by atoms with Crippen molar-refractivity contribution >= 4 is 11.9 Å². The minimum absolute atomic E-state index is 0.126. The number of ether oxygens (including phenoxy) is 1. The molecule has 1 amide bonds. The van der Waals surface area contributed by atoms with E-state index in [4.69, 9.17) is 5.73 Å². The molecule has 0 radical (unpaired) electrons. The first-order chi connectivity index (χ1) is 6.56. The van der Waals surface area contributed by atoms with Gasteiger partial charge in [-0.1, -0.05) is 0 Å². The highest BCUT2D eigenvalue weighted by Crippen LogP contribution is 2.28. The number of rotatable bonds is 5. The Labute approximate surface area is 83.2 Å². The molecule has 0 aromatic carbocycles. The van der Waals surface area contributed by atoms with Gasteiger partial charge in [0.05, 0.1) is 13.7 Å². The second kappa shape index (κ2) is 4.41. The van der Waals surface area contributed by atoms with Gasteiger partial charge in [-0.2, -0.15) is 0 Å². The van der Waals surface area contributed by atoms with Gasteiger partial charge in [-0.15, -0.1) is 0 Å². The fourth-order valence-corrected chi connectivity index (χ4v) is 1.47. The Kier molecular flexibility index (Phi) is 3.46. The molecular formula is C9H16N2O3. The molecule has 0 bridgehead atoms. The third kappa shape index (κ3) is 2.70. The number of carbonyl (C=O) groups is 2. The van der Waals surface area contributed by atoms with Crippen LogP contribution in [0, 0.1) is 0 Å². The predicted octanol–water partition coefficient (Wildman–Crippen LogP) is -0.502. The number of amides is 1. The molecule has 1 atom stereocenters. The fraction of sp³-hybridized carbons (Fsp3) is 0.778. The number of carbonyl (C=O) groups excluding carboxylic acids is 2. The highest BCUT2D eigenvalue weighted by molar-refractivity contribution is 5.79. The summed E-state index contributed by atoms with van der Waals surface area (Å²) in [6, 6.07) is -0.0726. The van der Waals surface area contributed by atoms with Crippen LogP contribution in [0.25, 0.3) is 0 Å². The van der Waals surface area contributed by atoms with Gasteiger partial charge in [-0.05, 0) is 19.8 Å². The van der Waals surface area contributed by atoms with Crippen molar-refractivity contribution in [3.05, 3.63) is 0 Å². The molecule has 1 saturated carbocycles. The van der Waals surface area contributed by atoms with Crippen molar-refractivity contribution in [2.45, 2.75) is 31.8 Å². The smallest absolute Gasteiger partial charge is 0.322 e. The lowest BCUT2D eigenvalue weighted by molar-refractivity contribution is -0.146. The maximum Gasteiger partial charge on any atom is 0.322 e. The average Bonchev–Trinajstić information content (AvgIpc) is 2.94. The second-order valence-corrected chi connectivity index (χ2v) is 3.57. The number of esters is 1. The Bertz CT molecular complexity index is 238. The minimum atomic E-state index is -0.410. The van der Waals surface area contributed by atoms with Crippen LogP contribution in [0.3, 0.4) is 0 Å². The first kappa shape index (κ1) is 11.0. The van der Waals surface area contributed by atoms with Gasteiger partial charge in [-0.25, -0.2) is 0 Å². The maximum absolute atomic E-state index is 11.3. The first-order valence-electron chi connectivity index (χ1n) is 4.68. The van der Waals surface area contributed by atoms with Gasteiger partial charge in [0.1, 0.15) is 6.04 Å². The summed E-state index contributed by atoms with van der Waals surface area (Å²) in [7, 11) is 1.34. The molecular weight excluding hydrogens is 184 g/mol. The number of hydrogen-bond acceptors (Lipinski definition) is 4. The SMILES string of the molecule is COC(=O)[C@H](C)N(CC(N)=O)C1CC1. The van der Waals surface area contributed by atoms with E-state index in [0.29, 0.717) is 6.04 Å². The molecule has 5 nitrogen and oxygen atoms in total. The summed E-state index contributed by atoms with van der Waals surface area (Å²) in [6.45, 7) is 1.86. The van der Waals surface area contributed by atoms with Crippen molar-refractivity contribution in [1.29, 1.82) is 0 Å². The molecule has 0 spiro atoms. The number of nitrogens with zero attached hydrogens (tertiary/aromatic N) is 1. The second-order valence-electron chi connectivity index (χ2n) is 3.57. The lowest BCUT2D eigenvalue weighted by Crippen LogP contribution is -2.45. The van der Waals surface area contributed by atoms with E-state index in [9.17, 15) is 9.59 Å². The summed E-state index contributed by atoms with van der Waals surface area (Å²) in [5.41, 5.74) is 5.11. The van der Waals surface area contributed by atoms with Gasteiger partial charge in [0.2, 0.25) is 5.91 Å². The topological polar surface area (TPSA) is 72.6 Å². The van der Waals surface area contributed by atoms with Gasteiger partial charge in [-0.3, -0.25) is 14.5 Å². The predicted molar refractivity (Wildman–Crippen MR) is 50.4 cm³/mol. The zero-order chi connectivity index (χ0) is 10.7. The zero-order valence-electron chi connectivity index (χ0n) is 8.53. The van der Waals surface area contributed by atoms with Crippen LogP contribution in [0.15, 0.2) is 0 Å². The Hall–Kier alpha value is -1.10. The third-order valence-corrected chi connectivity index (χ3v) is 2.39. The molecule has 1 fully saturated rings. The molecule has 2 N–H and O–H groups in total. The Morgan fingerprint density at radius 2 is 2.14 bits per heavy atom. The molecule has 0 aliphatic heterocycles. The number of methoxy groups -OCH3 is 1. The molecule has 0 aromatic rings. The van der Waals surface area contributed by atoms with Crippen LogP contribution in [-0.2, 0) is 14.3 Å². The van der Waals surface area contributed by atoms with E-state index in [1.54, 1.807) is 11.8 Å². The quantitative estimate of drug-likeness (QED) is 0.607. The number of hydrogen-bond donors (Lipinski definition) is 1. The Balaban J connectivity index is 2.56. The van der Waals surface area contributed by atoms with Crippen molar-refractivity contribution in [2.75, 3.05) is 13.7 Å². The zero-order valence-corrected chi connectivity index (χ0v) is 8.53. The minimum Gasteiger partial charge on any atom is -0.468 e. The highest BCUT2D eigenvalue weighted by Gasteiger charge is 2.36. The molecule has 0 saturated heterocycles.